The van der Waals surface area contributed by atoms with Crippen LogP contribution in [0.3, 0.4) is 0 Å². The van der Waals surface area contributed by atoms with Gasteiger partial charge in [-0.3, -0.25) is 9.98 Å². The SMILES string of the molecule is C=CN=C(/C=C\N=CC(C)(C)C)CC(C)(C)C. The lowest BCUT2D eigenvalue weighted by atomic mass is 9.89. The molecule has 0 radical (unpaired) electrons. The molecule has 0 aliphatic rings. The molecule has 0 aromatic carbocycles. The normalized spacial score (nSPS) is 14.8. The van der Waals surface area contributed by atoms with Crippen LogP contribution in [0.5, 0.6) is 0 Å². The molecule has 0 aliphatic carbocycles. The van der Waals surface area contributed by atoms with Crippen molar-refractivity contribution < 1.29 is 0 Å². The van der Waals surface area contributed by atoms with Gasteiger partial charge in [0.15, 0.2) is 0 Å². The van der Waals surface area contributed by atoms with E-state index in [4.69, 9.17) is 0 Å². The van der Waals surface area contributed by atoms with Crippen LogP contribution in [0.1, 0.15) is 48.0 Å². The van der Waals surface area contributed by atoms with Gasteiger partial charge < -0.3 is 0 Å². The molecule has 2 heteroatoms. The van der Waals surface area contributed by atoms with Crippen LogP contribution in [0.4, 0.5) is 0 Å². The van der Waals surface area contributed by atoms with E-state index in [1.807, 2.05) is 12.3 Å². The fourth-order valence-electron chi connectivity index (χ4n) is 1.20. The quantitative estimate of drug-likeness (QED) is 0.633. The molecule has 0 saturated carbocycles. The fourth-order valence-corrected chi connectivity index (χ4v) is 1.20. The molecular weight excluding hydrogens is 208 g/mol. The van der Waals surface area contributed by atoms with Gasteiger partial charge in [-0.25, -0.2) is 0 Å². The van der Waals surface area contributed by atoms with Crippen molar-refractivity contribution in [1.29, 1.82) is 0 Å². The average Bonchev–Trinajstić information content (AvgIpc) is 2.08. The Morgan fingerprint density at radius 3 is 2.12 bits per heavy atom. The Bertz CT molecular complexity index is 320. The van der Waals surface area contributed by atoms with Gasteiger partial charge in [-0.15, -0.1) is 0 Å². The number of rotatable bonds is 4. The van der Waals surface area contributed by atoms with E-state index in [1.54, 1.807) is 12.4 Å². The van der Waals surface area contributed by atoms with Crippen LogP contribution in [0, 0.1) is 10.8 Å². The summed E-state index contributed by atoms with van der Waals surface area (Å²) in [6.45, 7) is 16.6. The first-order valence-corrected chi connectivity index (χ1v) is 6.02. The summed E-state index contributed by atoms with van der Waals surface area (Å²) in [5, 5.41) is 0. The van der Waals surface area contributed by atoms with Gasteiger partial charge in [-0.05, 0) is 23.3 Å². The zero-order valence-electron chi connectivity index (χ0n) is 12.1. The Morgan fingerprint density at radius 1 is 1.12 bits per heavy atom. The number of hydrogen-bond acceptors (Lipinski definition) is 2. The van der Waals surface area contributed by atoms with E-state index in [0.717, 1.165) is 12.1 Å². The van der Waals surface area contributed by atoms with Crippen LogP contribution in [0.2, 0.25) is 0 Å². The minimum Gasteiger partial charge on any atom is -0.268 e. The molecule has 0 spiro atoms. The highest BCUT2D eigenvalue weighted by Crippen LogP contribution is 2.19. The summed E-state index contributed by atoms with van der Waals surface area (Å²) in [4.78, 5) is 8.54. The van der Waals surface area contributed by atoms with E-state index in [9.17, 15) is 0 Å². The third kappa shape index (κ3) is 11.1. The van der Waals surface area contributed by atoms with Crippen LogP contribution < -0.4 is 0 Å². The van der Waals surface area contributed by atoms with Crippen molar-refractivity contribution in [3.05, 3.63) is 25.1 Å². The zero-order chi connectivity index (χ0) is 13.5. The Labute approximate surface area is 106 Å². The van der Waals surface area contributed by atoms with Crippen LogP contribution in [-0.2, 0) is 0 Å². The van der Waals surface area contributed by atoms with Crippen LogP contribution in [0.15, 0.2) is 35.0 Å². The van der Waals surface area contributed by atoms with Gasteiger partial charge in [0.2, 0.25) is 0 Å². The predicted octanol–water partition coefficient (Wildman–Crippen LogP) is 4.64. The van der Waals surface area contributed by atoms with Crippen molar-refractivity contribution in [2.45, 2.75) is 48.0 Å². The van der Waals surface area contributed by atoms with Crippen molar-refractivity contribution in [2.24, 2.45) is 20.8 Å². The summed E-state index contributed by atoms with van der Waals surface area (Å²) < 4.78 is 0. The van der Waals surface area contributed by atoms with E-state index in [1.165, 1.54) is 0 Å². The molecule has 0 fully saturated rings. The van der Waals surface area contributed by atoms with E-state index in [2.05, 4.69) is 58.1 Å². The largest absolute Gasteiger partial charge is 0.268 e. The highest BCUT2D eigenvalue weighted by atomic mass is 14.7. The number of hydrogen-bond donors (Lipinski definition) is 0. The molecule has 17 heavy (non-hydrogen) atoms. The maximum Gasteiger partial charge on any atom is 0.0423 e. The minimum atomic E-state index is 0.115. The van der Waals surface area contributed by atoms with Gasteiger partial charge in [0.1, 0.15) is 0 Å². The van der Waals surface area contributed by atoms with Crippen molar-refractivity contribution in [3.63, 3.8) is 0 Å². The van der Waals surface area contributed by atoms with Crippen molar-refractivity contribution in [2.75, 3.05) is 0 Å². The monoisotopic (exact) mass is 234 g/mol. The summed E-state index contributed by atoms with van der Waals surface area (Å²) in [6, 6.07) is 0. The average molecular weight is 234 g/mol. The summed E-state index contributed by atoms with van der Waals surface area (Å²) in [6.07, 6.45) is 8.19. The molecule has 0 atom stereocenters. The molecule has 0 aromatic heterocycles. The second-order valence-electron chi connectivity index (χ2n) is 6.50. The van der Waals surface area contributed by atoms with Gasteiger partial charge in [-0.1, -0.05) is 48.1 Å². The lowest BCUT2D eigenvalue weighted by molar-refractivity contribution is 0.434. The molecule has 0 aromatic rings. The summed E-state index contributed by atoms with van der Waals surface area (Å²) in [5.74, 6) is 0. The molecule has 0 heterocycles. The summed E-state index contributed by atoms with van der Waals surface area (Å²) in [7, 11) is 0. The lowest BCUT2D eigenvalue weighted by Crippen LogP contribution is -2.11. The van der Waals surface area contributed by atoms with Crippen LogP contribution in [0.25, 0.3) is 0 Å². The van der Waals surface area contributed by atoms with Gasteiger partial charge in [0, 0.05) is 24.3 Å². The Hall–Kier alpha value is -1.18. The second-order valence-corrected chi connectivity index (χ2v) is 6.50. The molecule has 0 saturated heterocycles. The van der Waals surface area contributed by atoms with Crippen molar-refractivity contribution in [3.8, 4) is 0 Å². The highest BCUT2D eigenvalue weighted by Gasteiger charge is 2.12. The molecule has 0 rings (SSSR count). The fraction of sp³-hybridized carbons (Fsp3) is 0.600. The topological polar surface area (TPSA) is 24.7 Å². The van der Waals surface area contributed by atoms with E-state index in [-0.39, 0.29) is 10.8 Å². The number of aliphatic imine (C=N–C) groups is 2. The molecule has 96 valence electrons. The van der Waals surface area contributed by atoms with Gasteiger partial charge in [0.05, 0.1) is 0 Å². The van der Waals surface area contributed by atoms with Gasteiger partial charge in [0.25, 0.3) is 0 Å². The number of nitrogens with zero attached hydrogens (tertiary/aromatic N) is 2. The third-order valence-corrected chi connectivity index (χ3v) is 1.78. The number of allylic oxidation sites excluding steroid dienone is 1. The van der Waals surface area contributed by atoms with E-state index in [0.29, 0.717) is 0 Å². The predicted molar refractivity (Wildman–Crippen MR) is 78.8 cm³/mol. The lowest BCUT2D eigenvalue weighted by Gasteiger charge is -2.17. The first-order valence-electron chi connectivity index (χ1n) is 6.02. The standard InChI is InChI=1S/C15H26N2/c1-8-17-13(11-14(2,3)4)9-10-16-12-15(5,6)7/h8-10,12H,1,11H2,2-7H3/b10-9-,16-12?,17-13?. The Balaban J connectivity index is 4.58. The molecule has 0 unspecified atom stereocenters. The summed E-state index contributed by atoms with van der Waals surface area (Å²) in [5.41, 5.74) is 1.35. The van der Waals surface area contributed by atoms with Crippen molar-refractivity contribution >= 4 is 11.9 Å². The minimum absolute atomic E-state index is 0.115. The van der Waals surface area contributed by atoms with E-state index >= 15 is 0 Å². The Kier molecular flexibility index (Phi) is 6.08. The molecule has 2 nitrogen and oxygen atoms in total. The van der Waals surface area contributed by atoms with Gasteiger partial charge >= 0.3 is 0 Å². The molecular formula is C15H26N2. The molecule has 0 N–H and O–H groups in total. The molecule has 0 amide bonds. The maximum atomic E-state index is 4.27. The molecule has 0 bridgehead atoms. The van der Waals surface area contributed by atoms with E-state index < -0.39 is 0 Å². The van der Waals surface area contributed by atoms with Crippen LogP contribution in [-0.4, -0.2) is 11.9 Å². The van der Waals surface area contributed by atoms with Crippen molar-refractivity contribution in [1.82, 2.24) is 0 Å². The molecule has 0 aliphatic heterocycles. The first-order chi connectivity index (χ1) is 7.64. The summed E-state index contributed by atoms with van der Waals surface area (Å²) >= 11 is 0. The Morgan fingerprint density at radius 2 is 1.71 bits per heavy atom. The smallest absolute Gasteiger partial charge is 0.0423 e. The first kappa shape index (κ1) is 15.8. The highest BCUT2D eigenvalue weighted by molar-refractivity contribution is 5.95. The second kappa shape index (κ2) is 6.53. The van der Waals surface area contributed by atoms with Gasteiger partial charge in [-0.2, -0.15) is 0 Å². The van der Waals surface area contributed by atoms with Crippen LogP contribution >= 0.6 is 0 Å². The zero-order valence-corrected chi connectivity index (χ0v) is 12.1. The third-order valence-electron chi connectivity index (χ3n) is 1.78. The maximum absolute atomic E-state index is 4.27.